The van der Waals surface area contributed by atoms with E-state index in [0.717, 1.165) is 16.7 Å². The normalized spacial score (nSPS) is 10.8. The molecule has 0 bridgehead atoms. The lowest BCUT2D eigenvalue weighted by molar-refractivity contribution is 0.0519. The molecule has 0 saturated heterocycles. The van der Waals surface area contributed by atoms with Crippen LogP contribution in [0.5, 0.6) is 0 Å². The third-order valence-corrected chi connectivity index (χ3v) is 4.25. The van der Waals surface area contributed by atoms with Crippen LogP contribution < -0.4 is 0 Å². The summed E-state index contributed by atoms with van der Waals surface area (Å²) >= 11 is 0. The molecule has 4 aromatic rings. The van der Waals surface area contributed by atoms with Crippen LogP contribution in [0.4, 0.5) is 0 Å². The maximum absolute atomic E-state index is 12.6. The molecule has 0 N–H and O–H groups in total. The van der Waals surface area contributed by atoms with Gasteiger partial charge in [-0.25, -0.2) is 9.78 Å². The van der Waals surface area contributed by atoms with Gasteiger partial charge in [-0.3, -0.25) is 4.40 Å². The summed E-state index contributed by atoms with van der Waals surface area (Å²) in [6.45, 7) is 2.12. The molecule has 0 spiro atoms. The Kier molecular flexibility index (Phi) is 4.23. The molecule has 0 aliphatic heterocycles. The molecule has 2 aromatic heterocycles. The van der Waals surface area contributed by atoms with Crippen molar-refractivity contribution >= 4 is 11.6 Å². The summed E-state index contributed by atoms with van der Waals surface area (Å²) in [5, 5.41) is 0. The first-order chi connectivity index (χ1) is 12.8. The molecule has 0 aliphatic rings. The molecule has 0 saturated carbocycles. The molecule has 2 heterocycles. The third-order valence-electron chi connectivity index (χ3n) is 4.25. The Morgan fingerprint density at radius 1 is 0.923 bits per heavy atom. The van der Waals surface area contributed by atoms with Gasteiger partial charge in [0, 0.05) is 11.8 Å². The van der Waals surface area contributed by atoms with Crippen molar-refractivity contribution in [2.24, 2.45) is 0 Å². The fourth-order valence-electron chi connectivity index (χ4n) is 3.05. The van der Waals surface area contributed by atoms with Crippen LogP contribution in [-0.2, 0) is 4.74 Å². The smallest absolute Gasteiger partial charge is 0.357 e. The average Bonchev–Trinajstić information content (AvgIpc) is 3.08. The highest BCUT2D eigenvalue weighted by Gasteiger charge is 2.21. The minimum absolute atomic E-state index is 0.322. The summed E-state index contributed by atoms with van der Waals surface area (Å²) in [7, 11) is 0. The predicted octanol–water partition coefficient (Wildman–Crippen LogP) is 4.85. The van der Waals surface area contributed by atoms with E-state index >= 15 is 0 Å². The molecule has 4 rings (SSSR count). The second-order valence-electron chi connectivity index (χ2n) is 5.91. The lowest BCUT2D eigenvalue weighted by Gasteiger charge is -2.06. The number of nitrogens with zero attached hydrogens (tertiary/aromatic N) is 2. The maximum atomic E-state index is 12.6. The zero-order valence-electron chi connectivity index (χ0n) is 14.4. The van der Waals surface area contributed by atoms with Gasteiger partial charge in [-0.15, -0.1) is 0 Å². The van der Waals surface area contributed by atoms with E-state index in [0.29, 0.717) is 23.6 Å². The van der Waals surface area contributed by atoms with Gasteiger partial charge in [-0.2, -0.15) is 0 Å². The number of aromatic nitrogens is 2. The second kappa shape index (κ2) is 6.84. The molecule has 0 aliphatic carbocycles. The lowest BCUT2D eigenvalue weighted by Crippen LogP contribution is -2.09. The van der Waals surface area contributed by atoms with E-state index in [1.54, 1.807) is 11.3 Å². The monoisotopic (exact) mass is 342 g/mol. The van der Waals surface area contributed by atoms with Crippen LogP contribution in [0, 0.1) is 0 Å². The minimum atomic E-state index is -0.369. The Balaban J connectivity index is 1.92. The molecule has 128 valence electrons. The molecule has 0 fully saturated rings. The van der Waals surface area contributed by atoms with Gasteiger partial charge in [-0.1, -0.05) is 60.7 Å². The van der Waals surface area contributed by atoms with Gasteiger partial charge in [0.2, 0.25) is 0 Å². The summed E-state index contributed by atoms with van der Waals surface area (Å²) in [5.41, 5.74) is 4.85. The molecule has 26 heavy (non-hydrogen) atoms. The molecule has 4 nitrogen and oxygen atoms in total. The first-order valence-electron chi connectivity index (χ1n) is 8.58. The van der Waals surface area contributed by atoms with E-state index in [9.17, 15) is 4.79 Å². The summed E-state index contributed by atoms with van der Waals surface area (Å²) in [6, 6.07) is 23.8. The Hall–Kier alpha value is -3.40. The van der Waals surface area contributed by atoms with Crippen molar-refractivity contribution in [1.29, 1.82) is 0 Å². The average molecular weight is 342 g/mol. The number of pyridine rings is 1. The third kappa shape index (κ3) is 2.86. The van der Waals surface area contributed by atoms with Gasteiger partial charge < -0.3 is 4.74 Å². The zero-order valence-corrected chi connectivity index (χ0v) is 14.4. The minimum Gasteiger partial charge on any atom is -0.461 e. The number of hydrogen-bond donors (Lipinski definition) is 0. The highest BCUT2D eigenvalue weighted by molar-refractivity contribution is 5.96. The van der Waals surface area contributed by atoms with Crippen molar-refractivity contribution in [3.63, 3.8) is 0 Å². The van der Waals surface area contributed by atoms with Crippen molar-refractivity contribution < 1.29 is 9.53 Å². The number of carbonyl (C=O) groups excluding carboxylic acids is 1. The molecule has 0 unspecified atom stereocenters. The van der Waals surface area contributed by atoms with Crippen LogP contribution in [0.25, 0.3) is 28.0 Å². The van der Waals surface area contributed by atoms with Crippen LogP contribution in [0.1, 0.15) is 17.4 Å². The predicted molar refractivity (Wildman–Crippen MR) is 102 cm³/mol. The van der Waals surface area contributed by atoms with Gasteiger partial charge in [-0.05, 0) is 30.2 Å². The van der Waals surface area contributed by atoms with Gasteiger partial charge in [0.25, 0.3) is 0 Å². The van der Waals surface area contributed by atoms with Gasteiger partial charge in [0.05, 0.1) is 6.61 Å². The van der Waals surface area contributed by atoms with Crippen molar-refractivity contribution in [3.8, 4) is 22.4 Å². The number of esters is 1. The highest BCUT2D eigenvalue weighted by atomic mass is 16.5. The Labute approximate surface area is 151 Å². The fraction of sp³-hybridized carbons (Fsp3) is 0.0909. The number of fused-ring (bicyclic) bond motifs is 1. The number of hydrogen-bond acceptors (Lipinski definition) is 3. The summed E-state index contributed by atoms with van der Waals surface area (Å²) in [6.07, 6.45) is 1.88. The Bertz CT molecular complexity index is 1050. The standard InChI is InChI=1S/C22H18N2O2/c1-2-26-22(25)21-20(17-11-7-4-8-12-17)23-19-15-18(13-14-24(19)21)16-9-5-3-6-10-16/h3-15H,2H2,1H3. The molecule has 4 heteroatoms. The Morgan fingerprint density at radius 3 is 2.23 bits per heavy atom. The summed E-state index contributed by atoms with van der Waals surface area (Å²) < 4.78 is 7.07. The van der Waals surface area contributed by atoms with Gasteiger partial charge in [0.1, 0.15) is 11.3 Å². The lowest BCUT2D eigenvalue weighted by atomic mass is 10.1. The number of imidazole rings is 1. The van der Waals surface area contributed by atoms with Crippen molar-refractivity contribution in [1.82, 2.24) is 9.38 Å². The van der Waals surface area contributed by atoms with E-state index in [4.69, 9.17) is 9.72 Å². The summed E-state index contributed by atoms with van der Waals surface area (Å²) in [5.74, 6) is -0.369. The van der Waals surface area contributed by atoms with E-state index in [1.165, 1.54) is 0 Å². The Morgan fingerprint density at radius 2 is 1.58 bits per heavy atom. The van der Waals surface area contributed by atoms with Crippen molar-refractivity contribution in [3.05, 3.63) is 84.7 Å². The number of ether oxygens (including phenoxy) is 1. The highest BCUT2D eigenvalue weighted by Crippen LogP contribution is 2.28. The first-order valence-corrected chi connectivity index (χ1v) is 8.58. The quantitative estimate of drug-likeness (QED) is 0.498. The van der Waals surface area contributed by atoms with E-state index in [2.05, 4.69) is 12.1 Å². The van der Waals surface area contributed by atoms with Crippen molar-refractivity contribution in [2.45, 2.75) is 6.92 Å². The number of rotatable bonds is 4. The molecular weight excluding hydrogens is 324 g/mol. The first kappa shape index (κ1) is 16.1. The van der Waals surface area contributed by atoms with E-state index in [-0.39, 0.29) is 5.97 Å². The van der Waals surface area contributed by atoms with E-state index in [1.807, 2.05) is 66.9 Å². The molecule has 0 amide bonds. The largest absolute Gasteiger partial charge is 0.461 e. The number of carbonyl (C=O) groups is 1. The van der Waals surface area contributed by atoms with Crippen molar-refractivity contribution in [2.75, 3.05) is 6.61 Å². The van der Waals surface area contributed by atoms with Gasteiger partial charge >= 0.3 is 5.97 Å². The molecule has 0 atom stereocenters. The van der Waals surface area contributed by atoms with Crippen LogP contribution >= 0.6 is 0 Å². The second-order valence-corrected chi connectivity index (χ2v) is 5.91. The fourth-order valence-corrected chi connectivity index (χ4v) is 3.05. The van der Waals surface area contributed by atoms with Crippen LogP contribution in [0.3, 0.4) is 0 Å². The topological polar surface area (TPSA) is 43.6 Å². The molecule has 2 aromatic carbocycles. The van der Waals surface area contributed by atoms with Crippen LogP contribution in [-0.4, -0.2) is 22.0 Å². The maximum Gasteiger partial charge on any atom is 0.357 e. The molecular formula is C22H18N2O2. The molecule has 0 radical (unpaired) electrons. The van der Waals surface area contributed by atoms with Gasteiger partial charge in [0.15, 0.2) is 5.69 Å². The van der Waals surface area contributed by atoms with Crippen LogP contribution in [0.15, 0.2) is 79.0 Å². The zero-order chi connectivity index (χ0) is 17.9. The summed E-state index contributed by atoms with van der Waals surface area (Å²) in [4.78, 5) is 17.3. The SMILES string of the molecule is CCOC(=O)c1c(-c2ccccc2)nc2cc(-c3ccccc3)ccn12. The number of benzene rings is 2. The van der Waals surface area contributed by atoms with E-state index < -0.39 is 0 Å². The van der Waals surface area contributed by atoms with Crippen LogP contribution in [0.2, 0.25) is 0 Å².